The summed E-state index contributed by atoms with van der Waals surface area (Å²) in [4.78, 5) is 12.4. The molecule has 29 heavy (non-hydrogen) atoms. The highest BCUT2D eigenvalue weighted by molar-refractivity contribution is 8.00. The highest BCUT2D eigenvalue weighted by Crippen LogP contribution is 2.25. The number of carbonyl (C=O) groups excluding carboxylic acids is 1. The molecule has 0 aliphatic heterocycles. The van der Waals surface area contributed by atoms with Gasteiger partial charge in [-0.1, -0.05) is 53.7 Å². The molecule has 2 aromatic carbocycles. The van der Waals surface area contributed by atoms with Gasteiger partial charge >= 0.3 is 0 Å². The number of nitrogens with two attached hydrogens (primary N) is 1. The predicted octanol–water partition coefficient (Wildman–Crippen LogP) is 2.82. The van der Waals surface area contributed by atoms with Gasteiger partial charge in [-0.15, -0.1) is 10.2 Å². The van der Waals surface area contributed by atoms with Crippen LogP contribution in [0.5, 0.6) is 5.75 Å². The van der Waals surface area contributed by atoms with E-state index in [1.807, 2.05) is 62.4 Å². The first kappa shape index (κ1) is 20.7. The molecule has 3 rings (SSSR count). The summed E-state index contributed by atoms with van der Waals surface area (Å²) in [5.41, 5.74) is 3.18. The van der Waals surface area contributed by atoms with E-state index in [1.54, 1.807) is 7.11 Å². The monoisotopic (exact) mass is 411 g/mol. The van der Waals surface area contributed by atoms with E-state index in [4.69, 9.17) is 10.6 Å². The Hall–Kier alpha value is -3.00. The Morgan fingerprint density at radius 2 is 1.86 bits per heavy atom. The molecule has 7 nitrogen and oxygen atoms in total. The second kappa shape index (κ2) is 9.47. The Morgan fingerprint density at radius 1 is 1.17 bits per heavy atom. The van der Waals surface area contributed by atoms with Crippen LogP contribution >= 0.6 is 11.8 Å². The summed E-state index contributed by atoms with van der Waals surface area (Å²) >= 11 is 1.28. The lowest BCUT2D eigenvalue weighted by molar-refractivity contribution is -0.120. The number of hydrogen-bond acceptors (Lipinski definition) is 6. The van der Waals surface area contributed by atoms with Crippen molar-refractivity contribution in [1.29, 1.82) is 0 Å². The molecule has 0 bridgehead atoms. The zero-order valence-corrected chi connectivity index (χ0v) is 17.6. The Labute approximate surface area is 174 Å². The molecule has 0 radical (unpaired) electrons. The predicted molar refractivity (Wildman–Crippen MR) is 115 cm³/mol. The number of thioether (sulfide) groups is 1. The molecule has 0 aliphatic carbocycles. The zero-order chi connectivity index (χ0) is 20.8. The first-order valence-corrected chi connectivity index (χ1v) is 10.2. The van der Waals surface area contributed by atoms with Gasteiger partial charge in [0.1, 0.15) is 5.75 Å². The van der Waals surface area contributed by atoms with E-state index in [9.17, 15) is 4.79 Å². The quantitative estimate of drug-likeness (QED) is 0.437. The average molecular weight is 412 g/mol. The third-order valence-corrected chi connectivity index (χ3v) is 5.55. The van der Waals surface area contributed by atoms with Gasteiger partial charge in [0.05, 0.1) is 12.4 Å². The molecule has 1 amide bonds. The second-order valence-electron chi connectivity index (χ2n) is 6.69. The van der Waals surface area contributed by atoms with Crippen LogP contribution in [0.4, 0.5) is 0 Å². The molecule has 3 aromatic rings. The number of ether oxygens (including phenoxy) is 1. The van der Waals surface area contributed by atoms with Crippen molar-refractivity contribution in [2.45, 2.75) is 30.7 Å². The Morgan fingerprint density at radius 3 is 2.52 bits per heavy atom. The number of methoxy groups -OCH3 is 1. The fraction of sp³-hybridized carbons (Fsp3) is 0.286. The van der Waals surface area contributed by atoms with E-state index < -0.39 is 0 Å². The molecule has 0 fully saturated rings. The molecular formula is C21H25N5O2S. The van der Waals surface area contributed by atoms with E-state index in [2.05, 4.69) is 15.5 Å². The molecule has 0 saturated heterocycles. The maximum atomic E-state index is 12.4. The maximum absolute atomic E-state index is 12.4. The van der Waals surface area contributed by atoms with Gasteiger partial charge in [-0.25, -0.2) is 4.68 Å². The number of hydrogen-bond donors (Lipinski definition) is 2. The zero-order valence-electron chi connectivity index (χ0n) is 16.8. The summed E-state index contributed by atoms with van der Waals surface area (Å²) in [7, 11) is 1.64. The van der Waals surface area contributed by atoms with E-state index in [-0.39, 0.29) is 11.2 Å². The molecule has 0 spiro atoms. The van der Waals surface area contributed by atoms with Gasteiger partial charge in [0.25, 0.3) is 0 Å². The van der Waals surface area contributed by atoms with Crippen molar-refractivity contribution in [3.8, 4) is 17.1 Å². The van der Waals surface area contributed by atoms with Crippen LogP contribution in [-0.2, 0) is 11.2 Å². The smallest absolute Gasteiger partial charge is 0.233 e. The van der Waals surface area contributed by atoms with Crippen LogP contribution in [0.1, 0.15) is 18.1 Å². The van der Waals surface area contributed by atoms with Gasteiger partial charge in [0.15, 0.2) is 5.82 Å². The Bertz CT molecular complexity index is 954. The number of nitrogen functional groups attached to an aromatic ring is 1. The minimum Gasteiger partial charge on any atom is -0.497 e. The van der Waals surface area contributed by atoms with Gasteiger partial charge in [-0.3, -0.25) is 4.79 Å². The summed E-state index contributed by atoms with van der Waals surface area (Å²) < 4.78 is 6.58. The Kier molecular flexibility index (Phi) is 6.77. The highest BCUT2D eigenvalue weighted by Gasteiger charge is 2.19. The SMILES string of the molecule is COc1ccc(CCNC(=O)C(C)Sc2nnc(-c3ccc(C)cc3)n2N)cc1. The largest absolute Gasteiger partial charge is 0.497 e. The molecule has 0 saturated carbocycles. The highest BCUT2D eigenvalue weighted by atomic mass is 32.2. The Balaban J connectivity index is 1.53. The number of aromatic nitrogens is 3. The number of nitrogens with one attached hydrogen (secondary N) is 1. The topological polar surface area (TPSA) is 95.1 Å². The normalized spacial score (nSPS) is 11.8. The van der Waals surface area contributed by atoms with E-state index in [1.165, 1.54) is 16.4 Å². The standard InChI is InChI=1S/C21H25N5O2S/c1-14-4-8-17(9-5-14)19-24-25-21(26(19)22)29-15(2)20(27)23-13-12-16-6-10-18(28-3)11-7-16/h4-11,15H,12-13,22H2,1-3H3,(H,23,27). The van der Waals surface area contributed by atoms with Crippen LogP contribution in [0.2, 0.25) is 0 Å². The van der Waals surface area contributed by atoms with Crippen LogP contribution in [0.3, 0.4) is 0 Å². The van der Waals surface area contributed by atoms with Crippen molar-refractivity contribution in [1.82, 2.24) is 20.2 Å². The minimum absolute atomic E-state index is 0.0663. The van der Waals surface area contributed by atoms with Gasteiger partial charge in [-0.2, -0.15) is 0 Å². The first-order chi connectivity index (χ1) is 14.0. The van der Waals surface area contributed by atoms with E-state index >= 15 is 0 Å². The fourth-order valence-corrected chi connectivity index (χ4v) is 3.53. The van der Waals surface area contributed by atoms with Gasteiger partial charge in [0, 0.05) is 12.1 Å². The van der Waals surface area contributed by atoms with Crippen LogP contribution in [0.25, 0.3) is 11.4 Å². The van der Waals surface area contributed by atoms with Crippen molar-refractivity contribution in [3.05, 3.63) is 59.7 Å². The van der Waals surface area contributed by atoms with Crippen LogP contribution in [0, 0.1) is 6.92 Å². The van der Waals surface area contributed by atoms with Gasteiger partial charge in [0.2, 0.25) is 11.1 Å². The number of aryl methyl sites for hydroxylation is 1. The van der Waals surface area contributed by atoms with Crippen molar-refractivity contribution >= 4 is 17.7 Å². The minimum atomic E-state index is -0.344. The number of nitrogens with zero attached hydrogens (tertiary/aromatic N) is 3. The summed E-state index contributed by atoms with van der Waals surface area (Å²) in [6, 6.07) is 15.7. The number of carbonyl (C=O) groups is 1. The lowest BCUT2D eigenvalue weighted by Gasteiger charge is -2.12. The maximum Gasteiger partial charge on any atom is 0.233 e. The van der Waals surface area contributed by atoms with Gasteiger partial charge < -0.3 is 15.9 Å². The van der Waals surface area contributed by atoms with E-state index in [0.717, 1.165) is 28.9 Å². The molecule has 1 atom stereocenters. The second-order valence-corrected chi connectivity index (χ2v) is 8.00. The fourth-order valence-electron chi connectivity index (χ4n) is 2.73. The molecule has 1 heterocycles. The molecule has 1 unspecified atom stereocenters. The van der Waals surface area contributed by atoms with Crippen molar-refractivity contribution < 1.29 is 9.53 Å². The van der Waals surface area contributed by atoms with Crippen molar-refractivity contribution in [2.75, 3.05) is 19.5 Å². The molecule has 3 N–H and O–H groups in total. The lowest BCUT2D eigenvalue weighted by atomic mass is 10.1. The van der Waals surface area contributed by atoms with Crippen molar-refractivity contribution in [3.63, 3.8) is 0 Å². The molecule has 0 aliphatic rings. The third-order valence-electron chi connectivity index (χ3n) is 4.50. The van der Waals surface area contributed by atoms with Crippen LogP contribution in [0.15, 0.2) is 53.7 Å². The molecule has 152 valence electrons. The number of benzene rings is 2. The van der Waals surface area contributed by atoms with Crippen LogP contribution in [-0.4, -0.2) is 39.7 Å². The molecule has 8 heteroatoms. The molecular weight excluding hydrogens is 386 g/mol. The lowest BCUT2D eigenvalue weighted by Crippen LogP contribution is -2.32. The number of amides is 1. The summed E-state index contributed by atoms with van der Waals surface area (Å²) in [6.45, 7) is 4.40. The van der Waals surface area contributed by atoms with Crippen molar-refractivity contribution in [2.24, 2.45) is 0 Å². The first-order valence-electron chi connectivity index (χ1n) is 9.32. The van der Waals surface area contributed by atoms with E-state index in [0.29, 0.717) is 17.5 Å². The molecule has 1 aromatic heterocycles. The third kappa shape index (κ3) is 5.29. The average Bonchev–Trinajstić information content (AvgIpc) is 3.09. The van der Waals surface area contributed by atoms with Gasteiger partial charge in [-0.05, 0) is 38.0 Å². The van der Waals surface area contributed by atoms with Crippen LogP contribution < -0.4 is 15.9 Å². The summed E-state index contributed by atoms with van der Waals surface area (Å²) in [6.07, 6.45) is 0.748. The number of rotatable bonds is 8. The summed E-state index contributed by atoms with van der Waals surface area (Å²) in [5, 5.41) is 11.4. The summed E-state index contributed by atoms with van der Waals surface area (Å²) in [5.74, 6) is 7.47.